The number of rotatable bonds is 6. The summed E-state index contributed by atoms with van der Waals surface area (Å²) in [6.45, 7) is 0.645. The molecule has 4 nitrogen and oxygen atoms in total. The second-order valence-electron chi connectivity index (χ2n) is 4.11. The molecular formula is C13H19NO3S. The van der Waals surface area contributed by atoms with Crippen LogP contribution in [0.25, 0.3) is 0 Å². The van der Waals surface area contributed by atoms with E-state index >= 15 is 0 Å². The van der Waals surface area contributed by atoms with Gasteiger partial charge in [-0.15, -0.1) is 0 Å². The van der Waals surface area contributed by atoms with Crippen molar-refractivity contribution in [1.82, 2.24) is 5.48 Å². The maximum atomic E-state index is 5.96. The summed E-state index contributed by atoms with van der Waals surface area (Å²) in [7, 11) is 3.27. The molecule has 1 fully saturated rings. The number of ether oxygens (including phenoxy) is 2. The van der Waals surface area contributed by atoms with Gasteiger partial charge in [-0.05, 0) is 29.9 Å². The van der Waals surface area contributed by atoms with Crippen LogP contribution in [0.4, 0.5) is 0 Å². The van der Waals surface area contributed by atoms with Gasteiger partial charge in [-0.1, -0.05) is 6.07 Å². The highest BCUT2D eigenvalue weighted by Gasteiger charge is 2.18. The first-order valence-corrected chi connectivity index (χ1v) is 7.16. The second kappa shape index (κ2) is 6.87. The van der Waals surface area contributed by atoms with E-state index in [1.54, 1.807) is 14.2 Å². The zero-order valence-corrected chi connectivity index (χ0v) is 11.6. The Morgan fingerprint density at radius 1 is 1.33 bits per heavy atom. The molecule has 0 spiro atoms. The number of nitrogens with one attached hydrogen (secondary N) is 1. The summed E-state index contributed by atoms with van der Waals surface area (Å²) < 4.78 is 11.3. The normalized spacial score (nSPS) is 18.9. The third-order valence-corrected chi connectivity index (χ3v) is 3.96. The molecule has 1 aromatic carbocycles. The number of hydrogen-bond acceptors (Lipinski definition) is 5. The van der Waals surface area contributed by atoms with Crippen LogP contribution in [0.1, 0.15) is 12.0 Å². The minimum absolute atomic E-state index is 0.312. The van der Waals surface area contributed by atoms with Gasteiger partial charge in [0.05, 0.1) is 14.2 Å². The zero-order chi connectivity index (χ0) is 12.8. The van der Waals surface area contributed by atoms with Gasteiger partial charge in [0, 0.05) is 12.3 Å². The molecule has 1 saturated heterocycles. The van der Waals surface area contributed by atoms with Crippen LogP contribution in [-0.2, 0) is 11.4 Å². The summed E-state index contributed by atoms with van der Waals surface area (Å²) in [4.78, 5) is 4.83. The molecule has 0 radical (unpaired) electrons. The fourth-order valence-corrected chi connectivity index (χ4v) is 2.95. The fourth-order valence-electron chi connectivity index (χ4n) is 1.86. The standard InChI is InChI=1S/C13H19NO3S/c1-15-13-7-10(8-14-16-2)3-4-12(13)17-11-5-6-18-9-11/h3-4,7,11,14H,5-6,8-9H2,1-2H3. The van der Waals surface area contributed by atoms with Crippen LogP contribution in [0.3, 0.4) is 0 Å². The predicted molar refractivity (Wildman–Crippen MR) is 73.2 cm³/mol. The lowest BCUT2D eigenvalue weighted by atomic mass is 10.2. The van der Waals surface area contributed by atoms with E-state index in [2.05, 4.69) is 5.48 Å². The van der Waals surface area contributed by atoms with Crippen LogP contribution in [0.15, 0.2) is 18.2 Å². The van der Waals surface area contributed by atoms with E-state index in [0.717, 1.165) is 29.2 Å². The summed E-state index contributed by atoms with van der Waals surface area (Å²) in [6.07, 6.45) is 1.42. The van der Waals surface area contributed by atoms with Gasteiger partial charge in [0.15, 0.2) is 11.5 Å². The summed E-state index contributed by atoms with van der Waals surface area (Å²) in [5.41, 5.74) is 3.91. The molecule has 18 heavy (non-hydrogen) atoms. The molecule has 1 atom stereocenters. The Bertz CT molecular complexity index is 380. The molecule has 0 aliphatic carbocycles. The molecule has 2 rings (SSSR count). The summed E-state index contributed by atoms with van der Waals surface area (Å²) >= 11 is 1.94. The minimum atomic E-state index is 0.312. The third-order valence-electron chi connectivity index (χ3n) is 2.83. The van der Waals surface area contributed by atoms with Crippen LogP contribution >= 0.6 is 11.8 Å². The lowest BCUT2D eigenvalue weighted by Crippen LogP contribution is -2.15. The molecule has 100 valence electrons. The molecular weight excluding hydrogens is 250 g/mol. The van der Waals surface area contributed by atoms with E-state index < -0.39 is 0 Å². The second-order valence-corrected chi connectivity index (χ2v) is 5.26. The van der Waals surface area contributed by atoms with Crippen molar-refractivity contribution in [3.63, 3.8) is 0 Å². The summed E-state index contributed by atoms with van der Waals surface area (Å²) in [5.74, 6) is 3.85. The molecule has 0 aromatic heterocycles. The first-order valence-electron chi connectivity index (χ1n) is 6.00. The topological polar surface area (TPSA) is 39.7 Å². The van der Waals surface area contributed by atoms with Gasteiger partial charge >= 0.3 is 0 Å². The van der Waals surface area contributed by atoms with E-state index in [0.29, 0.717) is 12.6 Å². The molecule has 1 unspecified atom stereocenters. The maximum Gasteiger partial charge on any atom is 0.161 e. The van der Waals surface area contributed by atoms with Crippen LogP contribution in [0.5, 0.6) is 11.5 Å². The van der Waals surface area contributed by atoms with Crippen LogP contribution in [-0.4, -0.2) is 31.8 Å². The van der Waals surface area contributed by atoms with Crippen molar-refractivity contribution < 1.29 is 14.3 Å². The summed E-state index contributed by atoms with van der Waals surface area (Å²) in [6, 6.07) is 5.96. The molecule has 1 heterocycles. The number of hydrogen-bond donors (Lipinski definition) is 1. The van der Waals surface area contributed by atoms with Gasteiger partial charge in [0.25, 0.3) is 0 Å². The van der Waals surface area contributed by atoms with Gasteiger partial charge in [0.1, 0.15) is 6.10 Å². The average molecular weight is 269 g/mol. The van der Waals surface area contributed by atoms with Crippen molar-refractivity contribution in [2.75, 3.05) is 25.7 Å². The van der Waals surface area contributed by atoms with Gasteiger partial charge in [-0.3, -0.25) is 0 Å². The van der Waals surface area contributed by atoms with Crippen molar-refractivity contribution in [1.29, 1.82) is 0 Å². The highest BCUT2D eigenvalue weighted by atomic mass is 32.2. The van der Waals surface area contributed by atoms with Gasteiger partial charge in [-0.2, -0.15) is 17.2 Å². The Labute approximate surface area is 112 Å². The number of methoxy groups -OCH3 is 1. The minimum Gasteiger partial charge on any atom is -0.493 e. The van der Waals surface area contributed by atoms with E-state index in [9.17, 15) is 0 Å². The molecule has 0 saturated carbocycles. The molecule has 5 heteroatoms. The van der Waals surface area contributed by atoms with Gasteiger partial charge in [0.2, 0.25) is 0 Å². The molecule has 1 N–H and O–H groups in total. The number of hydroxylamine groups is 1. The Kier molecular flexibility index (Phi) is 5.16. The number of thioether (sulfide) groups is 1. The van der Waals surface area contributed by atoms with Crippen molar-refractivity contribution in [2.24, 2.45) is 0 Å². The molecule has 1 aliphatic rings. The van der Waals surface area contributed by atoms with E-state index in [1.807, 2.05) is 30.0 Å². The molecule has 1 aliphatic heterocycles. The lowest BCUT2D eigenvalue weighted by molar-refractivity contribution is 0.0866. The maximum absolute atomic E-state index is 5.96. The Balaban J connectivity index is 2.04. The van der Waals surface area contributed by atoms with Crippen molar-refractivity contribution in [3.8, 4) is 11.5 Å². The Morgan fingerprint density at radius 2 is 2.22 bits per heavy atom. The monoisotopic (exact) mass is 269 g/mol. The van der Waals surface area contributed by atoms with E-state index in [-0.39, 0.29) is 0 Å². The zero-order valence-electron chi connectivity index (χ0n) is 10.8. The highest BCUT2D eigenvalue weighted by Crippen LogP contribution is 2.31. The average Bonchev–Trinajstić information content (AvgIpc) is 2.90. The van der Waals surface area contributed by atoms with Crippen molar-refractivity contribution in [3.05, 3.63) is 23.8 Å². The largest absolute Gasteiger partial charge is 0.493 e. The lowest BCUT2D eigenvalue weighted by Gasteiger charge is -2.16. The summed E-state index contributed by atoms with van der Waals surface area (Å²) in [5, 5.41) is 0. The quantitative estimate of drug-likeness (QED) is 0.802. The smallest absolute Gasteiger partial charge is 0.161 e. The van der Waals surface area contributed by atoms with Crippen LogP contribution < -0.4 is 15.0 Å². The van der Waals surface area contributed by atoms with Crippen LogP contribution in [0, 0.1) is 0 Å². The fraction of sp³-hybridized carbons (Fsp3) is 0.538. The molecule has 0 amide bonds. The highest BCUT2D eigenvalue weighted by molar-refractivity contribution is 7.99. The Hall–Kier alpha value is -0.910. The Morgan fingerprint density at radius 3 is 2.89 bits per heavy atom. The van der Waals surface area contributed by atoms with E-state index in [1.165, 1.54) is 5.75 Å². The first kappa shape index (κ1) is 13.5. The molecule has 1 aromatic rings. The van der Waals surface area contributed by atoms with Crippen molar-refractivity contribution >= 4 is 11.8 Å². The third kappa shape index (κ3) is 3.54. The van der Waals surface area contributed by atoms with Crippen LogP contribution in [0.2, 0.25) is 0 Å². The van der Waals surface area contributed by atoms with E-state index in [4.69, 9.17) is 14.3 Å². The van der Waals surface area contributed by atoms with Crippen molar-refractivity contribution in [2.45, 2.75) is 19.1 Å². The molecule has 0 bridgehead atoms. The van der Waals surface area contributed by atoms with Gasteiger partial charge in [-0.25, -0.2) is 0 Å². The van der Waals surface area contributed by atoms with Gasteiger partial charge < -0.3 is 14.3 Å². The first-order chi connectivity index (χ1) is 8.83. The SMILES string of the molecule is CONCc1ccc(OC2CCSC2)c(OC)c1. The number of benzene rings is 1. The predicted octanol–water partition coefficient (Wildman–Crippen LogP) is 2.23.